The first-order valence-corrected chi connectivity index (χ1v) is 10.6. The lowest BCUT2D eigenvalue weighted by Crippen LogP contribution is -2.47. The average molecular weight is 432 g/mol. The Hall–Kier alpha value is -2.91. The second-order valence-corrected chi connectivity index (χ2v) is 7.63. The number of ether oxygens (including phenoxy) is 1. The van der Waals surface area contributed by atoms with Crippen molar-refractivity contribution in [2.45, 2.75) is 23.7 Å². The Balaban J connectivity index is 1.56. The van der Waals surface area contributed by atoms with E-state index >= 15 is 0 Å². The topological polar surface area (TPSA) is 80.3 Å². The van der Waals surface area contributed by atoms with Crippen molar-refractivity contribution in [1.82, 2.24) is 15.8 Å². The standard InChI is InChI=1S/C20H18FN3O3S2/c1-13(27-17-8-4-3-7-16(17)21)19(25)23-24-20(26)15-6-2-5-9-18(15)29-11-14-10-28-12-22-14/h2-10,12-13H,11H2,1H3,(H,23,25)(H,24,26). The van der Waals surface area contributed by atoms with Crippen LogP contribution in [0.3, 0.4) is 0 Å². The fraction of sp³-hybridized carbons (Fsp3) is 0.150. The van der Waals surface area contributed by atoms with E-state index in [-0.39, 0.29) is 5.75 Å². The lowest BCUT2D eigenvalue weighted by atomic mass is 10.2. The van der Waals surface area contributed by atoms with Gasteiger partial charge in [-0.05, 0) is 31.2 Å². The number of hydrogen-bond acceptors (Lipinski definition) is 6. The largest absolute Gasteiger partial charge is 0.478 e. The highest BCUT2D eigenvalue weighted by Crippen LogP contribution is 2.26. The minimum Gasteiger partial charge on any atom is -0.478 e. The number of thioether (sulfide) groups is 1. The molecule has 0 bridgehead atoms. The molecule has 6 nitrogen and oxygen atoms in total. The molecule has 2 aromatic carbocycles. The van der Waals surface area contributed by atoms with Crippen molar-refractivity contribution in [3.8, 4) is 5.75 Å². The van der Waals surface area contributed by atoms with Gasteiger partial charge in [0.15, 0.2) is 17.7 Å². The van der Waals surface area contributed by atoms with E-state index in [0.29, 0.717) is 11.3 Å². The van der Waals surface area contributed by atoms with Gasteiger partial charge in [0, 0.05) is 16.0 Å². The third kappa shape index (κ3) is 5.78. The molecule has 1 aromatic heterocycles. The molecule has 0 spiro atoms. The van der Waals surface area contributed by atoms with Gasteiger partial charge in [0.25, 0.3) is 11.8 Å². The molecule has 150 valence electrons. The lowest BCUT2D eigenvalue weighted by molar-refractivity contribution is -0.128. The van der Waals surface area contributed by atoms with Gasteiger partial charge in [0.1, 0.15) is 0 Å². The number of rotatable bonds is 7. The molecule has 9 heteroatoms. The van der Waals surface area contributed by atoms with Crippen LogP contribution in [0.25, 0.3) is 0 Å². The van der Waals surface area contributed by atoms with Crippen LogP contribution in [0, 0.1) is 5.82 Å². The molecule has 29 heavy (non-hydrogen) atoms. The summed E-state index contributed by atoms with van der Waals surface area (Å²) in [6.45, 7) is 1.46. The number of hydrazine groups is 1. The normalized spacial score (nSPS) is 11.5. The van der Waals surface area contributed by atoms with Crippen LogP contribution in [-0.2, 0) is 10.5 Å². The Kier molecular flexibility index (Phi) is 7.20. The van der Waals surface area contributed by atoms with Crippen LogP contribution < -0.4 is 15.6 Å². The van der Waals surface area contributed by atoms with Crippen molar-refractivity contribution in [3.05, 3.63) is 76.5 Å². The summed E-state index contributed by atoms with van der Waals surface area (Å²) in [7, 11) is 0. The smallest absolute Gasteiger partial charge is 0.279 e. The first kappa shape index (κ1) is 20.8. The van der Waals surface area contributed by atoms with E-state index in [0.717, 1.165) is 10.6 Å². The number of halogens is 1. The molecule has 0 radical (unpaired) electrons. The zero-order valence-corrected chi connectivity index (χ0v) is 17.1. The van der Waals surface area contributed by atoms with Crippen LogP contribution in [0.2, 0.25) is 0 Å². The Bertz CT molecular complexity index is 983. The van der Waals surface area contributed by atoms with E-state index in [1.807, 2.05) is 17.5 Å². The van der Waals surface area contributed by atoms with Crippen molar-refractivity contribution in [1.29, 1.82) is 0 Å². The fourth-order valence-corrected chi connectivity index (χ4v) is 3.93. The highest BCUT2D eigenvalue weighted by molar-refractivity contribution is 7.98. The van der Waals surface area contributed by atoms with Gasteiger partial charge in [-0.2, -0.15) is 0 Å². The monoisotopic (exact) mass is 431 g/mol. The Morgan fingerprint density at radius 2 is 1.93 bits per heavy atom. The predicted octanol–water partition coefficient (Wildman–Crippen LogP) is 3.80. The highest BCUT2D eigenvalue weighted by Gasteiger charge is 2.18. The predicted molar refractivity (Wildman–Crippen MR) is 110 cm³/mol. The molecular formula is C20H18FN3O3S2. The number of amides is 2. The summed E-state index contributed by atoms with van der Waals surface area (Å²) < 4.78 is 18.9. The maximum absolute atomic E-state index is 13.6. The molecule has 2 N–H and O–H groups in total. The minimum atomic E-state index is -0.999. The summed E-state index contributed by atoms with van der Waals surface area (Å²) in [5, 5.41) is 1.95. The fourth-order valence-electron chi connectivity index (χ4n) is 2.31. The van der Waals surface area contributed by atoms with Crippen molar-refractivity contribution < 1.29 is 18.7 Å². The van der Waals surface area contributed by atoms with Crippen LogP contribution in [0.15, 0.2) is 64.3 Å². The SMILES string of the molecule is CC(Oc1ccccc1F)C(=O)NNC(=O)c1ccccc1SCc1cscn1. The minimum absolute atomic E-state index is 0.0368. The van der Waals surface area contributed by atoms with Crippen LogP contribution in [-0.4, -0.2) is 22.9 Å². The van der Waals surface area contributed by atoms with Crippen molar-refractivity contribution in [2.24, 2.45) is 0 Å². The zero-order chi connectivity index (χ0) is 20.6. The first-order chi connectivity index (χ1) is 14.0. The maximum atomic E-state index is 13.6. The average Bonchev–Trinajstić information content (AvgIpc) is 3.25. The van der Waals surface area contributed by atoms with Gasteiger partial charge in [0.2, 0.25) is 0 Å². The number of carbonyl (C=O) groups excluding carboxylic acids is 2. The quantitative estimate of drug-likeness (QED) is 0.439. The number of carbonyl (C=O) groups is 2. The number of para-hydroxylation sites is 1. The summed E-state index contributed by atoms with van der Waals surface area (Å²) in [5.74, 6) is -1.03. The molecule has 0 aliphatic carbocycles. The third-order valence-electron chi connectivity index (χ3n) is 3.80. The van der Waals surface area contributed by atoms with Gasteiger partial charge < -0.3 is 4.74 Å². The van der Waals surface area contributed by atoms with E-state index in [9.17, 15) is 14.0 Å². The Morgan fingerprint density at radius 1 is 1.17 bits per heavy atom. The number of thiazole rings is 1. The second-order valence-electron chi connectivity index (χ2n) is 5.90. The van der Waals surface area contributed by atoms with Crippen molar-refractivity contribution >= 4 is 34.9 Å². The van der Waals surface area contributed by atoms with Crippen LogP contribution in [0.1, 0.15) is 23.0 Å². The summed E-state index contributed by atoms with van der Waals surface area (Å²) in [6.07, 6.45) is -0.999. The van der Waals surface area contributed by atoms with E-state index in [1.54, 1.807) is 23.7 Å². The lowest BCUT2D eigenvalue weighted by Gasteiger charge is -2.16. The molecule has 0 fully saturated rings. The number of nitrogens with zero attached hydrogens (tertiary/aromatic N) is 1. The van der Waals surface area contributed by atoms with E-state index in [4.69, 9.17) is 4.74 Å². The summed E-state index contributed by atoms with van der Waals surface area (Å²) >= 11 is 3.00. The molecule has 0 saturated heterocycles. The number of benzene rings is 2. The van der Waals surface area contributed by atoms with Crippen LogP contribution in [0.5, 0.6) is 5.75 Å². The maximum Gasteiger partial charge on any atom is 0.279 e. The van der Waals surface area contributed by atoms with Crippen molar-refractivity contribution in [2.75, 3.05) is 0 Å². The molecule has 1 atom stereocenters. The summed E-state index contributed by atoms with van der Waals surface area (Å²) in [6, 6.07) is 12.9. The van der Waals surface area contributed by atoms with Gasteiger partial charge in [0.05, 0.1) is 16.8 Å². The molecule has 1 heterocycles. The van der Waals surface area contributed by atoms with Gasteiger partial charge >= 0.3 is 0 Å². The molecule has 3 rings (SSSR count). The molecule has 0 aliphatic heterocycles. The zero-order valence-electron chi connectivity index (χ0n) is 15.4. The first-order valence-electron chi connectivity index (χ1n) is 8.65. The van der Waals surface area contributed by atoms with E-state index < -0.39 is 23.7 Å². The van der Waals surface area contributed by atoms with Gasteiger partial charge in [-0.15, -0.1) is 23.1 Å². The summed E-state index contributed by atoms with van der Waals surface area (Å²) in [4.78, 5) is 29.7. The second kappa shape index (κ2) is 10.0. The molecular weight excluding hydrogens is 413 g/mol. The number of nitrogens with one attached hydrogen (secondary N) is 2. The number of hydrogen-bond donors (Lipinski definition) is 2. The third-order valence-corrected chi connectivity index (χ3v) is 5.54. The molecule has 2 amide bonds. The summed E-state index contributed by atoms with van der Waals surface area (Å²) in [5.41, 5.74) is 7.80. The van der Waals surface area contributed by atoms with Gasteiger partial charge in [-0.25, -0.2) is 9.37 Å². The molecule has 0 aliphatic rings. The molecule has 0 saturated carbocycles. The van der Waals surface area contributed by atoms with Crippen molar-refractivity contribution in [3.63, 3.8) is 0 Å². The molecule has 1 unspecified atom stereocenters. The Morgan fingerprint density at radius 3 is 2.69 bits per heavy atom. The van der Waals surface area contributed by atoms with Crippen LogP contribution in [0.4, 0.5) is 4.39 Å². The molecule has 3 aromatic rings. The van der Waals surface area contributed by atoms with E-state index in [1.165, 1.54) is 48.2 Å². The Labute approximate surface area is 175 Å². The van der Waals surface area contributed by atoms with E-state index in [2.05, 4.69) is 15.8 Å². The highest BCUT2D eigenvalue weighted by atomic mass is 32.2. The van der Waals surface area contributed by atoms with Gasteiger partial charge in [-0.1, -0.05) is 24.3 Å². The van der Waals surface area contributed by atoms with Gasteiger partial charge in [-0.3, -0.25) is 20.4 Å². The number of aromatic nitrogens is 1. The van der Waals surface area contributed by atoms with Crippen LogP contribution >= 0.6 is 23.1 Å².